The SMILES string of the molecule is CCCCCCCCCCCCCCCCCOS(=O)(=O)c1cc(C(=O)Nc2ccc(O)cc2)cc(S(=O)(=O)OCCCCCCCCCCCCCC)c1. The molecule has 0 aliphatic rings. The summed E-state index contributed by atoms with van der Waals surface area (Å²) >= 11 is 0. The number of hydrogen-bond donors (Lipinski definition) is 2. The van der Waals surface area contributed by atoms with Gasteiger partial charge in [-0.25, -0.2) is 0 Å². The lowest BCUT2D eigenvalue weighted by molar-refractivity contribution is 0.102. The van der Waals surface area contributed by atoms with Crippen molar-refractivity contribution in [2.24, 2.45) is 0 Å². The fraction of sp³-hybridized carbons (Fsp3) is 0.705. The maximum Gasteiger partial charge on any atom is 0.297 e. The van der Waals surface area contributed by atoms with E-state index < -0.39 is 35.9 Å². The first-order valence-corrected chi connectivity index (χ1v) is 24.4. The lowest BCUT2D eigenvalue weighted by atomic mass is 10.0. The van der Waals surface area contributed by atoms with E-state index in [1.54, 1.807) is 0 Å². The summed E-state index contributed by atoms with van der Waals surface area (Å²) in [5.41, 5.74) is 0.158. The highest BCUT2D eigenvalue weighted by molar-refractivity contribution is 7.87. The van der Waals surface area contributed by atoms with E-state index in [0.717, 1.165) is 56.7 Å². The third kappa shape index (κ3) is 22.8. The van der Waals surface area contributed by atoms with Crippen LogP contribution >= 0.6 is 0 Å². The van der Waals surface area contributed by atoms with E-state index in [0.29, 0.717) is 18.5 Å². The van der Waals surface area contributed by atoms with Gasteiger partial charge in [-0.2, -0.15) is 16.8 Å². The van der Waals surface area contributed by atoms with Crippen LogP contribution in [-0.2, 0) is 28.6 Å². The highest BCUT2D eigenvalue weighted by atomic mass is 32.2. The van der Waals surface area contributed by atoms with Gasteiger partial charge in [-0.15, -0.1) is 0 Å². The minimum absolute atomic E-state index is 0.0102. The fourth-order valence-corrected chi connectivity index (χ4v) is 8.74. The van der Waals surface area contributed by atoms with Crippen LogP contribution in [0, 0.1) is 0 Å². The maximum atomic E-state index is 13.3. The number of phenols is 1. The molecular formula is C44H73NO8S2. The Morgan fingerprint density at radius 1 is 0.491 bits per heavy atom. The van der Waals surface area contributed by atoms with Crippen LogP contribution in [0.5, 0.6) is 5.75 Å². The van der Waals surface area contributed by atoms with E-state index in [2.05, 4.69) is 19.2 Å². The second kappa shape index (κ2) is 29.7. The van der Waals surface area contributed by atoms with Crippen LogP contribution < -0.4 is 5.32 Å². The molecule has 0 spiro atoms. The molecule has 0 fully saturated rings. The lowest BCUT2D eigenvalue weighted by Gasteiger charge is -2.12. The van der Waals surface area contributed by atoms with E-state index in [9.17, 15) is 26.7 Å². The van der Waals surface area contributed by atoms with Gasteiger partial charge in [-0.1, -0.05) is 174 Å². The quantitative estimate of drug-likeness (QED) is 0.0399. The molecule has 9 nitrogen and oxygen atoms in total. The molecule has 0 radical (unpaired) electrons. The van der Waals surface area contributed by atoms with Gasteiger partial charge in [0.1, 0.15) is 5.75 Å². The molecule has 0 saturated heterocycles. The van der Waals surface area contributed by atoms with Crippen molar-refractivity contribution in [2.45, 2.75) is 197 Å². The molecule has 0 atom stereocenters. The summed E-state index contributed by atoms with van der Waals surface area (Å²) < 4.78 is 63.8. The normalized spacial score (nSPS) is 12.0. The number of phenolic OH excluding ortho intramolecular Hbond substituents is 1. The van der Waals surface area contributed by atoms with E-state index in [4.69, 9.17) is 8.37 Å². The van der Waals surface area contributed by atoms with Gasteiger partial charge in [-0.05, 0) is 55.3 Å². The second-order valence-corrected chi connectivity index (χ2v) is 18.3. The number of benzene rings is 2. The molecule has 2 N–H and O–H groups in total. The molecule has 2 rings (SSSR count). The molecule has 314 valence electrons. The smallest absolute Gasteiger partial charge is 0.297 e. The zero-order valence-electron chi connectivity index (χ0n) is 34.2. The van der Waals surface area contributed by atoms with Gasteiger partial charge in [0.05, 0.1) is 23.0 Å². The molecule has 0 aliphatic carbocycles. The predicted molar refractivity (Wildman–Crippen MR) is 225 cm³/mol. The lowest BCUT2D eigenvalue weighted by Crippen LogP contribution is -2.16. The third-order valence-electron chi connectivity index (χ3n) is 10.1. The fourth-order valence-electron chi connectivity index (χ4n) is 6.63. The van der Waals surface area contributed by atoms with Crippen molar-refractivity contribution >= 4 is 31.8 Å². The summed E-state index contributed by atoms with van der Waals surface area (Å²) in [7, 11) is -8.76. The average molecular weight is 808 g/mol. The number of nitrogens with one attached hydrogen (secondary N) is 1. The summed E-state index contributed by atoms with van der Waals surface area (Å²) in [4.78, 5) is 12.4. The maximum absolute atomic E-state index is 13.3. The molecule has 0 saturated carbocycles. The third-order valence-corrected chi connectivity index (χ3v) is 12.6. The summed E-state index contributed by atoms with van der Waals surface area (Å²) in [5.74, 6) is -0.710. The van der Waals surface area contributed by atoms with Gasteiger partial charge in [0.25, 0.3) is 26.1 Å². The largest absolute Gasteiger partial charge is 0.508 e. The first-order chi connectivity index (χ1) is 26.6. The van der Waals surface area contributed by atoms with E-state index >= 15 is 0 Å². The van der Waals surface area contributed by atoms with E-state index in [1.165, 1.54) is 146 Å². The Morgan fingerprint density at radius 3 is 1.13 bits per heavy atom. The number of carbonyl (C=O) groups excluding carboxylic acids is 1. The highest BCUT2D eigenvalue weighted by Crippen LogP contribution is 2.25. The van der Waals surface area contributed by atoms with Gasteiger partial charge in [0.2, 0.25) is 0 Å². The minimum Gasteiger partial charge on any atom is -0.508 e. The zero-order chi connectivity index (χ0) is 40.0. The summed E-state index contributed by atoms with van der Waals surface area (Å²) in [6, 6.07) is 8.95. The standard InChI is InChI=1S/C44H73NO8S2/c1-3-5-7-9-11-13-15-17-18-19-21-23-25-27-29-35-53-55(50,51)43-37-39(44(47)45-40-30-32-41(46)33-31-40)36-42(38-43)54(48,49)52-34-28-26-24-22-20-16-14-12-10-8-6-4-2/h30-33,36-38,46H,3-29,34-35H2,1-2H3,(H,45,47). The molecule has 0 heterocycles. The molecule has 55 heavy (non-hydrogen) atoms. The van der Waals surface area contributed by atoms with Crippen molar-refractivity contribution in [3.8, 4) is 5.75 Å². The average Bonchev–Trinajstić information content (AvgIpc) is 3.17. The molecule has 0 aromatic heterocycles. The van der Waals surface area contributed by atoms with Gasteiger partial charge >= 0.3 is 0 Å². The second-order valence-electron chi connectivity index (χ2n) is 15.1. The number of carbonyl (C=O) groups is 1. The van der Waals surface area contributed by atoms with Crippen molar-refractivity contribution in [2.75, 3.05) is 18.5 Å². The van der Waals surface area contributed by atoms with Crippen LogP contribution in [0.4, 0.5) is 5.69 Å². The van der Waals surface area contributed by atoms with Gasteiger partial charge in [0, 0.05) is 11.3 Å². The van der Waals surface area contributed by atoms with E-state index in [-0.39, 0.29) is 24.5 Å². The topological polar surface area (TPSA) is 136 Å². The van der Waals surface area contributed by atoms with Crippen LogP contribution in [0.2, 0.25) is 0 Å². The summed E-state index contributed by atoms with van der Waals surface area (Å²) in [6.45, 7) is 4.39. The van der Waals surface area contributed by atoms with E-state index in [1.807, 2.05) is 0 Å². The molecule has 0 aliphatic heterocycles. The van der Waals surface area contributed by atoms with Crippen molar-refractivity contribution in [3.05, 3.63) is 48.0 Å². The Hall–Kier alpha value is -2.47. The van der Waals surface area contributed by atoms with Crippen molar-refractivity contribution in [1.82, 2.24) is 0 Å². The Balaban J connectivity index is 1.86. The number of rotatable bonds is 35. The Morgan fingerprint density at radius 2 is 0.800 bits per heavy atom. The van der Waals surface area contributed by atoms with Crippen LogP contribution in [0.1, 0.15) is 198 Å². The van der Waals surface area contributed by atoms with Crippen LogP contribution in [0.3, 0.4) is 0 Å². The van der Waals surface area contributed by atoms with Crippen LogP contribution in [0.25, 0.3) is 0 Å². The molecular weight excluding hydrogens is 735 g/mol. The molecule has 0 bridgehead atoms. The molecule has 11 heteroatoms. The minimum atomic E-state index is -4.38. The first-order valence-electron chi connectivity index (χ1n) is 21.6. The van der Waals surface area contributed by atoms with Crippen molar-refractivity contribution in [1.29, 1.82) is 0 Å². The van der Waals surface area contributed by atoms with Gasteiger partial charge in [-0.3, -0.25) is 13.2 Å². The Kier molecular flexibility index (Phi) is 26.3. The summed E-state index contributed by atoms with van der Waals surface area (Å²) in [6.07, 6.45) is 31.4. The number of anilines is 1. The molecule has 2 aromatic rings. The zero-order valence-corrected chi connectivity index (χ0v) is 35.8. The molecule has 1 amide bonds. The highest BCUT2D eigenvalue weighted by Gasteiger charge is 2.25. The monoisotopic (exact) mass is 807 g/mol. The predicted octanol–water partition coefficient (Wildman–Crippen LogP) is 12.6. The van der Waals surface area contributed by atoms with Gasteiger partial charge < -0.3 is 10.4 Å². The van der Waals surface area contributed by atoms with Gasteiger partial charge in [0.15, 0.2) is 0 Å². The number of amides is 1. The Labute approximate surface area is 335 Å². The number of aromatic hydroxyl groups is 1. The first kappa shape index (κ1) is 48.7. The van der Waals surface area contributed by atoms with Crippen molar-refractivity contribution < 1.29 is 35.1 Å². The molecule has 2 aromatic carbocycles. The number of unbranched alkanes of at least 4 members (excludes halogenated alkanes) is 25. The Bertz CT molecular complexity index is 1510. The van der Waals surface area contributed by atoms with Crippen LogP contribution in [-0.4, -0.2) is 41.1 Å². The number of hydrogen-bond acceptors (Lipinski definition) is 8. The van der Waals surface area contributed by atoms with Crippen LogP contribution in [0.15, 0.2) is 52.3 Å². The molecule has 0 unspecified atom stereocenters. The van der Waals surface area contributed by atoms with Crippen molar-refractivity contribution in [3.63, 3.8) is 0 Å². The summed E-state index contributed by atoms with van der Waals surface area (Å²) in [5, 5.41) is 12.2.